The van der Waals surface area contributed by atoms with E-state index in [9.17, 15) is 0 Å². The van der Waals surface area contributed by atoms with Gasteiger partial charge in [-0.2, -0.15) is 0 Å². The van der Waals surface area contributed by atoms with E-state index in [0.29, 0.717) is 0 Å². The van der Waals surface area contributed by atoms with Gasteiger partial charge in [0.25, 0.3) is 0 Å². The van der Waals surface area contributed by atoms with E-state index in [0.717, 1.165) is 42.7 Å². The van der Waals surface area contributed by atoms with Crippen LogP contribution in [0.15, 0.2) is 180 Å². The second-order valence-electron chi connectivity index (χ2n) is 19.2. The van der Waals surface area contributed by atoms with Gasteiger partial charge in [0.2, 0.25) is 0 Å². The molecule has 1 spiro atoms. The van der Waals surface area contributed by atoms with Crippen LogP contribution in [0.25, 0.3) is 38.6 Å². The zero-order valence-corrected chi connectivity index (χ0v) is 35.2. The van der Waals surface area contributed by atoms with Crippen molar-refractivity contribution < 1.29 is 0 Å². The van der Waals surface area contributed by atoms with E-state index in [1.54, 1.807) is 11.1 Å². The van der Waals surface area contributed by atoms with Crippen LogP contribution in [0.3, 0.4) is 0 Å². The molecule has 0 atom stereocenters. The normalized spacial score (nSPS) is 16.6. The molecule has 0 bridgehead atoms. The summed E-state index contributed by atoms with van der Waals surface area (Å²) in [6.07, 6.45) is 14.0. The smallest absolute Gasteiger partial charge is 0.0652 e. The van der Waals surface area contributed by atoms with Crippen LogP contribution >= 0.6 is 0 Å². The summed E-state index contributed by atoms with van der Waals surface area (Å²) in [5.41, 5.74) is 21.5. The zero-order valence-electron chi connectivity index (χ0n) is 35.2. The van der Waals surface area contributed by atoms with Crippen molar-refractivity contribution in [2.75, 3.05) is 4.90 Å². The number of allylic oxidation sites excluding steroid dienone is 8. The van der Waals surface area contributed by atoms with Gasteiger partial charge in [-0.25, -0.2) is 0 Å². The van der Waals surface area contributed by atoms with Gasteiger partial charge in [-0.15, -0.1) is 0 Å². The first-order valence-electron chi connectivity index (χ1n) is 21.6. The highest BCUT2D eigenvalue weighted by Gasteiger charge is 2.53. The number of rotatable bonds is 4. The number of fused-ring (bicyclic) bond motifs is 11. The molecular formula is C57H52N2. The predicted octanol–water partition coefficient (Wildman–Crippen LogP) is 15.4. The molecule has 0 saturated heterocycles. The molecule has 0 unspecified atom stereocenters. The standard InChI is InChI=1S/C57H52N2/c1-55(2,3)37-24-32-53-47(34-37)48-35-38(56(4,5)6)25-33-54(48)59(53)41-28-26-40(27-29-41)58(39-16-8-7-9-17-39)42-30-31-46-45-20-12-15-23-51(45)57(52(46)36-42)49-21-13-10-18-43(49)44-19-11-14-22-50(44)57/h7-12,15-20,23-36H,13-14,21-22H2,1-6H3. The fourth-order valence-electron chi connectivity index (χ4n) is 10.9. The molecule has 2 heteroatoms. The van der Waals surface area contributed by atoms with Crippen molar-refractivity contribution in [2.24, 2.45) is 0 Å². The van der Waals surface area contributed by atoms with Crippen LogP contribution < -0.4 is 4.90 Å². The largest absolute Gasteiger partial charge is 0.310 e. The van der Waals surface area contributed by atoms with E-state index in [1.165, 1.54) is 72.0 Å². The van der Waals surface area contributed by atoms with Gasteiger partial charge in [-0.3, -0.25) is 0 Å². The van der Waals surface area contributed by atoms with Crippen molar-refractivity contribution >= 4 is 38.9 Å². The highest BCUT2D eigenvalue weighted by molar-refractivity contribution is 6.10. The first kappa shape index (κ1) is 36.0. The number of para-hydroxylation sites is 1. The Bertz CT molecular complexity index is 2870. The molecule has 0 saturated carbocycles. The summed E-state index contributed by atoms with van der Waals surface area (Å²) < 4.78 is 2.46. The third kappa shape index (κ3) is 5.31. The summed E-state index contributed by atoms with van der Waals surface area (Å²) in [6, 6.07) is 50.9. The lowest BCUT2D eigenvalue weighted by Crippen LogP contribution is -2.29. The summed E-state index contributed by atoms with van der Waals surface area (Å²) in [4.78, 5) is 2.46. The number of benzene rings is 6. The van der Waals surface area contributed by atoms with Gasteiger partial charge in [-0.1, -0.05) is 127 Å². The molecule has 1 aromatic heterocycles. The van der Waals surface area contributed by atoms with Gasteiger partial charge in [0.1, 0.15) is 0 Å². The highest BCUT2D eigenvalue weighted by atomic mass is 15.1. The van der Waals surface area contributed by atoms with Crippen molar-refractivity contribution in [1.29, 1.82) is 0 Å². The van der Waals surface area contributed by atoms with Gasteiger partial charge < -0.3 is 9.47 Å². The van der Waals surface area contributed by atoms with Gasteiger partial charge in [-0.05, 0) is 165 Å². The number of aromatic nitrogens is 1. The molecule has 7 aromatic rings. The quantitative estimate of drug-likeness (QED) is 0.173. The fourth-order valence-corrected chi connectivity index (χ4v) is 10.9. The van der Waals surface area contributed by atoms with Crippen LogP contribution in [-0.2, 0) is 16.2 Å². The summed E-state index contributed by atoms with van der Waals surface area (Å²) in [5.74, 6) is 0. The molecule has 0 radical (unpaired) electrons. The molecule has 6 aromatic carbocycles. The van der Waals surface area contributed by atoms with Gasteiger partial charge in [0.15, 0.2) is 0 Å². The minimum atomic E-state index is -0.232. The number of anilines is 3. The SMILES string of the molecule is CC(C)(C)c1ccc2c(c1)c1cc(C(C)(C)C)ccc1n2-c1ccc(N(c2ccccc2)c2ccc3c(c2)C2(C4=C(C=CCC4)C4=C2CCC=C4)c2ccccc2-3)cc1. The van der Waals surface area contributed by atoms with E-state index in [2.05, 4.69) is 209 Å². The molecule has 11 rings (SSSR count). The van der Waals surface area contributed by atoms with E-state index >= 15 is 0 Å². The maximum absolute atomic E-state index is 2.54. The van der Waals surface area contributed by atoms with Crippen LogP contribution in [0.1, 0.15) is 89.5 Å². The Kier molecular flexibility index (Phi) is 7.89. The van der Waals surface area contributed by atoms with E-state index in [-0.39, 0.29) is 16.2 Å². The third-order valence-corrected chi connectivity index (χ3v) is 13.7. The third-order valence-electron chi connectivity index (χ3n) is 13.7. The molecule has 0 amide bonds. The van der Waals surface area contributed by atoms with E-state index in [1.807, 2.05) is 0 Å². The lowest BCUT2D eigenvalue weighted by molar-refractivity contribution is 0.590. The maximum atomic E-state index is 2.54. The molecule has 0 N–H and O–H groups in total. The Morgan fingerprint density at radius 3 is 1.61 bits per heavy atom. The lowest BCUT2D eigenvalue weighted by Gasteiger charge is -2.36. The second-order valence-corrected chi connectivity index (χ2v) is 19.2. The Morgan fingerprint density at radius 2 is 1.02 bits per heavy atom. The van der Waals surface area contributed by atoms with Crippen molar-refractivity contribution in [3.05, 3.63) is 202 Å². The van der Waals surface area contributed by atoms with Crippen molar-refractivity contribution in [3.63, 3.8) is 0 Å². The predicted molar refractivity (Wildman–Crippen MR) is 250 cm³/mol. The average molecular weight is 765 g/mol. The summed E-state index contributed by atoms with van der Waals surface area (Å²) in [7, 11) is 0. The Labute approximate surface area is 349 Å². The maximum Gasteiger partial charge on any atom is 0.0652 e. The van der Waals surface area contributed by atoms with Gasteiger partial charge in [0.05, 0.1) is 16.4 Å². The summed E-state index contributed by atoms with van der Waals surface area (Å²) in [6.45, 7) is 13.8. The summed E-state index contributed by atoms with van der Waals surface area (Å²) >= 11 is 0. The molecule has 0 aliphatic heterocycles. The first-order chi connectivity index (χ1) is 28.5. The molecule has 59 heavy (non-hydrogen) atoms. The fraction of sp³-hybridized carbons (Fsp3) is 0.228. The van der Waals surface area contributed by atoms with Crippen LogP contribution in [0.5, 0.6) is 0 Å². The Balaban J connectivity index is 1.08. The van der Waals surface area contributed by atoms with E-state index < -0.39 is 0 Å². The van der Waals surface area contributed by atoms with Crippen LogP contribution in [0.4, 0.5) is 17.1 Å². The second kappa shape index (κ2) is 12.9. The molecule has 4 aliphatic carbocycles. The van der Waals surface area contributed by atoms with Crippen molar-refractivity contribution in [2.45, 2.75) is 83.5 Å². The van der Waals surface area contributed by atoms with Crippen molar-refractivity contribution in [1.82, 2.24) is 4.57 Å². The Hall–Kier alpha value is -6.12. The number of hydrogen-bond acceptors (Lipinski definition) is 1. The van der Waals surface area contributed by atoms with Crippen molar-refractivity contribution in [3.8, 4) is 16.8 Å². The van der Waals surface area contributed by atoms with Crippen LogP contribution in [0.2, 0.25) is 0 Å². The molecular weight excluding hydrogens is 713 g/mol. The van der Waals surface area contributed by atoms with E-state index in [4.69, 9.17) is 0 Å². The zero-order chi connectivity index (χ0) is 40.3. The summed E-state index contributed by atoms with van der Waals surface area (Å²) in [5, 5.41) is 2.62. The number of hydrogen-bond donors (Lipinski definition) is 0. The minimum absolute atomic E-state index is 0.0594. The topological polar surface area (TPSA) is 8.17 Å². The van der Waals surface area contributed by atoms with Crippen LogP contribution in [0, 0.1) is 0 Å². The monoisotopic (exact) mass is 764 g/mol. The van der Waals surface area contributed by atoms with Gasteiger partial charge in [0, 0.05) is 33.5 Å². The molecule has 2 nitrogen and oxygen atoms in total. The van der Waals surface area contributed by atoms with Crippen LogP contribution in [-0.4, -0.2) is 4.57 Å². The minimum Gasteiger partial charge on any atom is -0.310 e. The molecule has 4 aliphatic rings. The van der Waals surface area contributed by atoms with Gasteiger partial charge >= 0.3 is 0 Å². The highest BCUT2D eigenvalue weighted by Crippen LogP contribution is 2.65. The number of nitrogens with zero attached hydrogens (tertiary/aromatic N) is 2. The lowest BCUT2D eigenvalue weighted by atomic mass is 9.66. The first-order valence-corrected chi connectivity index (χ1v) is 21.6. The molecule has 0 fully saturated rings. The average Bonchev–Trinajstić information content (AvgIpc) is 3.85. The Morgan fingerprint density at radius 1 is 0.492 bits per heavy atom. The molecule has 1 heterocycles. The molecule has 290 valence electrons.